The second-order valence-corrected chi connectivity index (χ2v) is 8.28. The van der Waals surface area contributed by atoms with Gasteiger partial charge >= 0.3 is 0 Å². The first-order valence-corrected chi connectivity index (χ1v) is 11.1. The minimum absolute atomic E-state index is 0.00671. The molecule has 0 aliphatic carbocycles. The highest BCUT2D eigenvalue weighted by molar-refractivity contribution is 5.93. The van der Waals surface area contributed by atoms with Crippen LogP contribution in [0.5, 0.6) is 0 Å². The molecule has 2 N–H and O–H groups in total. The lowest BCUT2D eigenvalue weighted by molar-refractivity contribution is 0.0170. The van der Waals surface area contributed by atoms with Gasteiger partial charge in [0.05, 0.1) is 19.3 Å². The van der Waals surface area contributed by atoms with Gasteiger partial charge in [-0.3, -0.25) is 14.7 Å². The van der Waals surface area contributed by atoms with Crippen LogP contribution in [0.3, 0.4) is 0 Å². The summed E-state index contributed by atoms with van der Waals surface area (Å²) in [5.74, 6) is 0.760. The Kier molecular flexibility index (Phi) is 8.64. The number of hydrogen-bond acceptors (Lipinski definition) is 4. The molecule has 7 nitrogen and oxygen atoms in total. The topological polar surface area (TPSA) is 69.2 Å². The number of aryl methyl sites for hydroxylation is 1. The molecule has 0 radical (unpaired) electrons. The predicted octanol–water partition coefficient (Wildman–Crippen LogP) is 2.44. The second kappa shape index (κ2) is 11.6. The molecule has 32 heavy (non-hydrogen) atoms. The minimum Gasteiger partial charge on any atom is -0.379 e. The largest absolute Gasteiger partial charge is 0.379 e. The SMILES string of the molecule is CN=C(NCc1ccc(C(=O)N(C)C)cc1)NCC(c1ccc(C)cc1)N1CCOCC1. The molecule has 0 spiro atoms. The zero-order chi connectivity index (χ0) is 22.9. The number of amides is 1. The van der Waals surface area contributed by atoms with Gasteiger partial charge in [-0.1, -0.05) is 42.0 Å². The van der Waals surface area contributed by atoms with Crippen LogP contribution >= 0.6 is 0 Å². The molecule has 1 aliphatic rings. The summed E-state index contributed by atoms with van der Waals surface area (Å²) in [6, 6.07) is 16.7. The van der Waals surface area contributed by atoms with Crippen LogP contribution in [-0.4, -0.2) is 75.7 Å². The summed E-state index contributed by atoms with van der Waals surface area (Å²) in [5, 5.41) is 6.87. The van der Waals surface area contributed by atoms with E-state index in [0.717, 1.165) is 44.4 Å². The maximum atomic E-state index is 12.1. The average molecular weight is 438 g/mol. The average Bonchev–Trinajstić information content (AvgIpc) is 2.82. The molecule has 1 heterocycles. The molecule has 7 heteroatoms. The molecule has 0 saturated carbocycles. The van der Waals surface area contributed by atoms with E-state index < -0.39 is 0 Å². The van der Waals surface area contributed by atoms with Crippen LogP contribution in [-0.2, 0) is 11.3 Å². The normalized spacial score (nSPS) is 15.8. The Morgan fingerprint density at radius 1 is 1.06 bits per heavy atom. The number of aliphatic imine (C=N–C) groups is 1. The van der Waals surface area contributed by atoms with E-state index in [9.17, 15) is 4.79 Å². The number of morpholine rings is 1. The zero-order valence-corrected chi connectivity index (χ0v) is 19.6. The van der Waals surface area contributed by atoms with Crippen LogP contribution < -0.4 is 10.6 Å². The molecule has 2 aromatic rings. The van der Waals surface area contributed by atoms with Crippen molar-refractivity contribution >= 4 is 11.9 Å². The van der Waals surface area contributed by atoms with Crippen molar-refractivity contribution in [1.29, 1.82) is 0 Å². The molecule has 1 amide bonds. The monoisotopic (exact) mass is 437 g/mol. The summed E-state index contributed by atoms with van der Waals surface area (Å²) >= 11 is 0. The van der Waals surface area contributed by atoms with Gasteiger partial charge in [-0.2, -0.15) is 0 Å². The molecule has 1 atom stereocenters. The number of carbonyl (C=O) groups excluding carboxylic acids is 1. The lowest BCUT2D eigenvalue weighted by Gasteiger charge is -2.35. The lowest BCUT2D eigenvalue weighted by atomic mass is 10.0. The van der Waals surface area contributed by atoms with E-state index in [2.05, 4.69) is 51.7 Å². The van der Waals surface area contributed by atoms with Crippen molar-refractivity contribution in [3.8, 4) is 0 Å². The van der Waals surface area contributed by atoms with Gasteiger partial charge in [-0.05, 0) is 30.2 Å². The molecule has 172 valence electrons. The standard InChI is InChI=1S/C25H35N5O2/c1-19-5-9-21(10-6-19)23(30-13-15-32-16-14-30)18-28-25(26-2)27-17-20-7-11-22(12-8-20)24(31)29(3)4/h5-12,23H,13-18H2,1-4H3,(H2,26,27,28). The highest BCUT2D eigenvalue weighted by Gasteiger charge is 2.22. The van der Waals surface area contributed by atoms with Gasteiger partial charge in [0.15, 0.2) is 5.96 Å². The van der Waals surface area contributed by atoms with Crippen molar-refractivity contribution in [2.75, 3.05) is 54.0 Å². The third kappa shape index (κ3) is 6.55. The number of nitrogens with one attached hydrogen (secondary N) is 2. The first-order chi connectivity index (χ1) is 15.5. The van der Waals surface area contributed by atoms with Gasteiger partial charge in [-0.25, -0.2) is 0 Å². The van der Waals surface area contributed by atoms with Crippen molar-refractivity contribution in [2.24, 2.45) is 4.99 Å². The summed E-state index contributed by atoms with van der Waals surface area (Å²) < 4.78 is 5.55. The first-order valence-electron chi connectivity index (χ1n) is 11.1. The van der Waals surface area contributed by atoms with Gasteiger partial charge < -0.3 is 20.3 Å². The smallest absolute Gasteiger partial charge is 0.253 e. The van der Waals surface area contributed by atoms with Crippen LogP contribution in [0.4, 0.5) is 0 Å². The Balaban J connectivity index is 1.59. The number of nitrogens with zero attached hydrogens (tertiary/aromatic N) is 3. The number of guanidine groups is 1. The van der Waals surface area contributed by atoms with Crippen molar-refractivity contribution in [1.82, 2.24) is 20.4 Å². The Labute approximate surface area is 191 Å². The molecular weight excluding hydrogens is 402 g/mol. The lowest BCUT2D eigenvalue weighted by Crippen LogP contribution is -2.46. The highest BCUT2D eigenvalue weighted by Crippen LogP contribution is 2.21. The molecule has 1 saturated heterocycles. The molecule has 1 aliphatic heterocycles. The van der Waals surface area contributed by atoms with Crippen molar-refractivity contribution in [3.63, 3.8) is 0 Å². The second-order valence-electron chi connectivity index (χ2n) is 8.28. The fourth-order valence-corrected chi connectivity index (χ4v) is 3.76. The summed E-state index contributed by atoms with van der Waals surface area (Å²) in [4.78, 5) is 20.5. The Morgan fingerprint density at radius 2 is 1.72 bits per heavy atom. The first kappa shape index (κ1) is 23.8. The Morgan fingerprint density at radius 3 is 2.31 bits per heavy atom. The predicted molar refractivity (Wildman–Crippen MR) is 129 cm³/mol. The van der Waals surface area contributed by atoms with E-state index in [1.165, 1.54) is 11.1 Å². The van der Waals surface area contributed by atoms with Gasteiger partial charge in [0.25, 0.3) is 5.91 Å². The summed E-state index contributed by atoms with van der Waals surface area (Å²) in [7, 11) is 5.30. The van der Waals surface area contributed by atoms with E-state index >= 15 is 0 Å². The fourth-order valence-electron chi connectivity index (χ4n) is 3.76. The van der Waals surface area contributed by atoms with Gasteiger partial charge in [0, 0.05) is 52.9 Å². The molecule has 3 rings (SSSR count). The van der Waals surface area contributed by atoms with Crippen molar-refractivity contribution < 1.29 is 9.53 Å². The fraction of sp³-hybridized carbons (Fsp3) is 0.440. The number of benzene rings is 2. The van der Waals surface area contributed by atoms with Crippen LogP contribution in [0.15, 0.2) is 53.5 Å². The van der Waals surface area contributed by atoms with Gasteiger partial charge in [0.1, 0.15) is 0 Å². The molecule has 2 aromatic carbocycles. The van der Waals surface area contributed by atoms with E-state index in [4.69, 9.17) is 4.74 Å². The third-order valence-electron chi connectivity index (χ3n) is 5.70. The number of hydrogen-bond donors (Lipinski definition) is 2. The van der Waals surface area contributed by atoms with Crippen molar-refractivity contribution in [2.45, 2.75) is 19.5 Å². The van der Waals surface area contributed by atoms with E-state index in [1.807, 2.05) is 24.3 Å². The molecular formula is C25H35N5O2. The van der Waals surface area contributed by atoms with Crippen LogP contribution in [0.25, 0.3) is 0 Å². The third-order valence-corrected chi connectivity index (χ3v) is 5.70. The molecule has 1 fully saturated rings. The van der Waals surface area contributed by atoms with E-state index in [0.29, 0.717) is 12.1 Å². The highest BCUT2D eigenvalue weighted by atomic mass is 16.5. The number of carbonyl (C=O) groups is 1. The Bertz CT molecular complexity index is 888. The van der Waals surface area contributed by atoms with E-state index in [1.54, 1.807) is 26.0 Å². The molecule has 0 bridgehead atoms. The number of ether oxygens (including phenoxy) is 1. The zero-order valence-electron chi connectivity index (χ0n) is 19.6. The number of rotatable bonds is 7. The summed E-state index contributed by atoms with van der Waals surface area (Å²) in [5.41, 5.74) is 4.33. The maximum Gasteiger partial charge on any atom is 0.253 e. The van der Waals surface area contributed by atoms with Crippen LogP contribution in [0.1, 0.15) is 33.1 Å². The van der Waals surface area contributed by atoms with Gasteiger partial charge in [-0.15, -0.1) is 0 Å². The van der Waals surface area contributed by atoms with Crippen molar-refractivity contribution in [3.05, 3.63) is 70.8 Å². The Hall–Kier alpha value is -2.90. The molecule has 1 unspecified atom stereocenters. The van der Waals surface area contributed by atoms with Crippen LogP contribution in [0.2, 0.25) is 0 Å². The van der Waals surface area contributed by atoms with E-state index in [-0.39, 0.29) is 11.9 Å². The van der Waals surface area contributed by atoms with Gasteiger partial charge in [0.2, 0.25) is 0 Å². The molecule has 0 aromatic heterocycles. The minimum atomic E-state index is 0.00671. The van der Waals surface area contributed by atoms with Crippen LogP contribution in [0, 0.1) is 6.92 Å². The maximum absolute atomic E-state index is 12.1. The quantitative estimate of drug-likeness (QED) is 0.514. The summed E-state index contributed by atoms with van der Waals surface area (Å²) in [6.07, 6.45) is 0. The summed E-state index contributed by atoms with van der Waals surface area (Å²) in [6.45, 7) is 6.86.